The fourth-order valence-corrected chi connectivity index (χ4v) is 0. The quantitative estimate of drug-likeness (QED) is 0.419. The van der Waals surface area contributed by atoms with E-state index in [-0.39, 0.29) is 0 Å². The lowest BCUT2D eigenvalue weighted by Crippen LogP contribution is -2.19. The number of hydrogen-bond acceptors (Lipinski definition) is 2. The van der Waals surface area contributed by atoms with Gasteiger partial charge in [0.25, 0.3) is 5.91 Å². The van der Waals surface area contributed by atoms with E-state index in [2.05, 4.69) is 5.73 Å². The van der Waals surface area contributed by atoms with E-state index in [1.807, 2.05) is 0 Å². The second-order valence-electron chi connectivity index (χ2n) is 0.920. The van der Waals surface area contributed by atoms with E-state index in [0.717, 1.165) is 6.92 Å². The molecule has 0 aromatic rings. The van der Waals surface area contributed by atoms with Crippen LogP contribution in [-0.2, 0) is 9.59 Å². The molecule has 0 aromatic carbocycles. The molecule has 0 heterocycles. The molecule has 0 aliphatic carbocycles. The standard InChI is InChI=1S/C3H5NO2/c1-2(5)3(4)6/h1H3,(H2,4,6). The van der Waals surface area contributed by atoms with Gasteiger partial charge in [0, 0.05) is 6.92 Å². The Bertz CT molecular complexity index is 74.8. The molecule has 0 unspecified atom stereocenters. The van der Waals surface area contributed by atoms with E-state index in [9.17, 15) is 9.59 Å². The smallest absolute Gasteiger partial charge is 0.284 e. The molecule has 3 heteroatoms. The van der Waals surface area contributed by atoms with Gasteiger partial charge in [0.15, 0.2) is 0 Å². The number of rotatable bonds is 1. The predicted octanol–water partition coefficient (Wildman–Crippen LogP) is -0.939. The predicted molar refractivity (Wildman–Crippen MR) is 19.9 cm³/mol. The van der Waals surface area contributed by atoms with Gasteiger partial charge in [-0.15, -0.1) is 0 Å². The molecule has 0 saturated heterocycles. The molecule has 0 radical (unpaired) electrons. The van der Waals surface area contributed by atoms with Gasteiger partial charge in [-0.2, -0.15) is 0 Å². The Morgan fingerprint density at radius 3 is 1.67 bits per heavy atom. The zero-order valence-corrected chi connectivity index (χ0v) is 3.39. The van der Waals surface area contributed by atoms with Crippen LogP contribution in [-0.4, -0.2) is 11.7 Å². The minimum atomic E-state index is -0.880. The average Bonchev–Trinajstić information content (AvgIpc) is 1.36. The molecular formula is C3H5NO2. The maximum Gasteiger partial charge on any atom is 0.284 e. The summed E-state index contributed by atoms with van der Waals surface area (Å²) in [5, 5.41) is 0. The Kier molecular flexibility index (Phi) is 1.32. The first-order valence-corrected chi connectivity index (χ1v) is 1.45. The summed E-state index contributed by atoms with van der Waals surface area (Å²) in [5.41, 5.74) is 4.45. The monoisotopic (exact) mass is 87.0 g/mol. The molecule has 3 nitrogen and oxygen atoms in total. The largest absolute Gasteiger partial charge is 0.363 e. The van der Waals surface area contributed by atoms with Crippen LogP contribution in [0.2, 0.25) is 0 Å². The van der Waals surface area contributed by atoms with Crippen molar-refractivity contribution in [2.75, 3.05) is 0 Å². The molecule has 0 spiro atoms. The highest BCUT2D eigenvalue weighted by molar-refractivity contribution is 6.34. The average molecular weight is 87.1 g/mol. The number of ketones is 1. The van der Waals surface area contributed by atoms with Gasteiger partial charge < -0.3 is 5.73 Å². The highest BCUT2D eigenvalue weighted by Gasteiger charge is 1.95. The molecule has 6 heavy (non-hydrogen) atoms. The second-order valence-corrected chi connectivity index (χ2v) is 0.920. The lowest BCUT2D eigenvalue weighted by Gasteiger charge is -1.74. The molecule has 0 fully saturated rings. The summed E-state index contributed by atoms with van der Waals surface area (Å²) in [6.45, 7) is 1.13. The Labute approximate surface area is 35.1 Å². The molecule has 0 rings (SSSR count). The van der Waals surface area contributed by atoms with Gasteiger partial charge in [0.1, 0.15) is 0 Å². The van der Waals surface area contributed by atoms with Gasteiger partial charge >= 0.3 is 0 Å². The van der Waals surface area contributed by atoms with Gasteiger partial charge in [-0.1, -0.05) is 0 Å². The van der Waals surface area contributed by atoms with Crippen LogP contribution >= 0.6 is 0 Å². The highest BCUT2D eigenvalue weighted by Crippen LogP contribution is 1.57. The van der Waals surface area contributed by atoms with E-state index in [1.165, 1.54) is 0 Å². The Hall–Kier alpha value is -0.860. The molecule has 0 atom stereocenters. The van der Waals surface area contributed by atoms with Gasteiger partial charge in [-0.25, -0.2) is 0 Å². The zero-order chi connectivity index (χ0) is 5.15. The van der Waals surface area contributed by atoms with Crippen LogP contribution in [0.5, 0.6) is 0 Å². The normalized spacial score (nSPS) is 7.50. The van der Waals surface area contributed by atoms with E-state index >= 15 is 0 Å². The van der Waals surface area contributed by atoms with Crippen LogP contribution in [0.1, 0.15) is 6.92 Å². The fourth-order valence-electron chi connectivity index (χ4n) is 0. The van der Waals surface area contributed by atoms with Crippen LogP contribution in [0.25, 0.3) is 0 Å². The van der Waals surface area contributed by atoms with Crippen molar-refractivity contribution in [1.82, 2.24) is 0 Å². The number of carbonyl (C=O) groups is 2. The minimum Gasteiger partial charge on any atom is -0.363 e. The Morgan fingerprint density at radius 2 is 1.67 bits per heavy atom. The van der Waals surface area contributed by atoms with Crippen molar-refractivity contribution in [1.29, 1.82) is 0 Å². The molecule has 34 valence electrons. The lowest BCUT2D eigenvalue weighted by atomic mass is 10.4. The third-order valence-electron chi connectivity index (χ3n) is 0.347. The maximum atomic E-state index is 9.67. The molecule has 0 aliphatic rings. The summed E-state index contributed by atoms with van der Waals surface area (Å²) < 4.78 is 0. The second kappa shape index (κ2) is 1.55. The summed E-state index contributed by atoms with van der Waals surface area (Å²) in [6.07, 6.45) is 0. The summed E-state index contributed by atoms with van der Waals surface area (Å²) in [5.74, 6) is -1.48. The van der Waals surface area contributed by atoms with E-state index in [0.29, 0.717) is 0 Å². The van der Waals surface area contributed by atoms with Crippen molar-refractivity contribution < 1.29 is 9.59 Å². The van der Waals surface area contributed by atoms with Gasteiger partial charge in [-0.05, 0) is 0 Å². The van der Waals surface area contributed by atoms with Crippen molar-refractivity contribution in [3.05, 3.63) is 0 Å². The number of hydrogen-bond donors (Lipinski definition) is 1. The number of nitrogens with two attached hydrogens (primary N) is 1. The van der Waals surface area contributed by atoms with Crippen molar-refractivity contribution >= 4 is 11.7 Å². The van der Waals surface area contributed by atoms with Gasteiger partial charge in [0.05, 0.1) is 0 Å². The molecule has 1 amide bonds. The topological polar surface area (TPSA) is 60.2 Å². The zero-order valence-electron chi connectivity index (χ0n) is 3.39. The van der Waals surface area contributed by atoms with Crippen molar-refractivity contribution in [2.24, 2.45) is 5.73 Å². The number of Topliss-reactive ketones (excluding diaryl/α,β-unsaturated/α-hetero) is 1. The van der Waals surface area contributed by atoms with E-state index in [1.54, 1.807) is 0 Å². The highest BCUT2D eigenvalue weighted by atomic mass is 16.2. The Balaban J connectivity index is 3.57. The van der Waals surface area contributed by atoms with E-state index < -0.39 is 11.7 Å². The van der Waals surface area contributed by atoms with Crippen molar-refractivity contribution in [3.63, 3.8) is 0 Å². The minimum absolute atomic E-state index is 0.602. The van der Waals surface area contributed by atoms with Crippen LogP contribution < -0.4 is 5.73 Å². The molecule has 0 aliphatic heterocycles. The molecule has 2 N–H and O–H groups in total. The van der Waals surface area contributed by atoms with Crippen LogP contribution in [0, 0.1) is 0 Å². The van der Waals surface area contributed by atoms with Gasteiger partial charge in [-0.3, -0.25) is 9.59 Å². The van der Waals surface area contributed by atoms with Crippen LogP contribution in [0.4, 0.5) is 0 Å². The first-order valence-electron chi connectivity index (χ1n) is 1.45. The van der Waals surface area contributed by atoms with Crippen LogP contribution in [0.15, 0.2) is 0 Å². The maximum absolute atomic E-state index is 9.67. The fraction of sp³-hybridized carbons (Fsp3) is 0.333. The molecular weight excluding hydrogens is 82.0 g/mol. The number of primary amides is 1. The summed E-state index contributed by atoms with van der Waals surface area (Å²) >= 11 is 0. The third kappa shape index (κ3) is 1.46. The third-order valence-corrected chi connectivity index (χ3v) is 0.347. The molecule has 0 aromatic heterocycles. The SMILES string of the molecule is CC(=O)C(N)=O. The van der Waals surface area contributed by atoms with Gasteiger partial charge in [0.2, 0.25) is 5.78 Å². The van der Waals surface area contributed by atoms with Crippen LogP contribution in [0.3, 0.4) is 0 Å². The first-order chi connectivity index (χ1) is 2.64. The first kappa shape index (κ1) is 5.14. The van der Waals surface area contributed by atoms with Crippen molar-refractivity contribution in [3.8, 4) is 0 Å². The summed E-state index contributed by atoms with van der Waals surface area (Å²) in [7, 11) is 0. The Morgan fingerprint density at radius 1 is 1.50 bits per heavy atom. The number of carbonyl (C=O) groups excluding carboxylic acids is 2. The number of amides is 1. The molecule has 0 saturated carbocycles. The van der Waals surface area contributed by atoms with E-state index in [4.69, 9.17) is 0 Å². The summed E-state index contributed by atoms with van der Waals surface area (Å²) in [4.78, 5) is 19.2. The van der Waals surface area contributed by atoms with Crippen molar-refractivity contribution in [2.45, 2.75) is 6.92 Å². The summed E-state index contributed by atoms with van der Waals surface area (Å²) in [6, 6.07) is 0. The molecule has 0 bridgehead atoms. The lowest BCUT2D eigenvalue weighted by molar-refractivity contribution is -0.134.